The van der Waals surface area contributed by atoms with Crippen molar-refractivity contribution in [3.05, 3.63) is 23.3 Å². The molecule has 0 saturated carbocycles. The molecule has 0 radical (unpaired) electrons. The van der Waals surface area contributed by atoms with Crippen LogP contribution in [0.3, 0.4) is 0 Å². The molecule has 1 atom stereocenters. The summed E-state index contributed by atoms with van der Waals surface area (Å²) in [7, 11) is 0. The van der Waals surface area contributed by atoms with E-state index in [9.17, 15) is 0 Å². The van der Waals surface area contributed by atoms with E-state index in [0.717, 1.165) is 57.3 Å². The number of ether oxygens (including phenoxy) is 1. The second-order valence-electron chi connectivity index (χ2n) is 6.15. The third-order valence-corrected chi connectivity index (χ3v) is 4.61. The molecule has 0 unspecified atom stereocenters. The van der Waals surface area contributed by atoms with Crippen molar-refractivity contribution in [2.24, 2.45) is 5.92 Å². The zero-order chi connectivity index (χ0) is 13.9. The quantitative estimate of drug-likeness (QED) is 0.925. The van der Waals surface area contributed by atoms with E-state index in [0.29, 0.717) is 0 Å². The molecule has 0 saturated heterocycles. The van der Waals surface area contributed by atoms with Crippen LogP contribution in [0.25, 0.3) is 0 Å². The van der Waals surface area contributed by atoms with Crippen LogP contribution in [0.15, 0.2) is 12.1 Å². The van der Waals surface area contributed by atoms with Crippen LogP contribution in [0.2, 0.25) is 0 Å². The van der Waals surface area contributed by atoms with Gasteiger partial charge in [0.05, 0.1) is 12.2 Å². The molecule has 0 bridgehead atoms. The predicted octanol–water partition coefficient (Wildman–Crippen LogP) is 3.26. The number of nitrogens with zero attached hydrogens (tertiary/aromatic N) is 1. The summed E-state index contributed by atoms with van der Waals surface area (Å²) in [5.74, 6) is 1.83. The maximum Gasteiger partial charge on any atom is 0.142 e. The second-order valence-corrected chi connectivity index (χ2v) is 6.15. The maximum absolute atomic E-state index is 5.91. The first kappa shape index (κ1) is 16.2. The summed E-state index contributed by atoms with van der Waals surface area (Å²) in [6, 6.07) is 4.68. The molecule has 0 spiro atoms. The Morgan fingerprint density at radius 2 is 1.95 bits per heavy atom. The van der Waals surface area contributed by atoms with Crippen molar-refractivity contribution in [1.82, 2.24) is 5.32 Å². The molecule has 2 heterocycles. The summed E-state index contributed by atoms with van der Waals surface area (Å²) >= 11 is 0. The van der Waals surface area contributed by atoms with E-state index in [-0.39, 0.29) is 7.43 Å². The summed E-state index contributed by atoms with van der Waals surface area (Å²) in [5, 5.41) is 3.48. The summed E-state index contributed by atoms with van der Waals surface area (Å²) in [4.78, 5) is 2.52. The van der Waals surface area contributed by atoms with E-state index in [4.69, 9.17) is 4.74 Å². The van der Waals surface area contributed by atoms with Crippen molar-refractivity contribution in [3.8, 4) is 5.75 Å². The number of hydrogen-bond donors (Lipinski definition) is 1. The lowest BCUT2D eigenvalue weighted by Gasteiger charge is -2.34. The Hall–Kier alpha value is -1.22. The lowest BCUT2D eigenvalue weighted by atomic mass is 9.99. The van der Waals surface area contributed by atoms with Crippen molar-refractivity contribution in [2.75, 3.05) is 37.7 Å². The summed E-state index contributed by atoms with van der Waals surface area (Å²) in [5.41, 5.74) is 4.30. The molecule has 3 heteroatoms. The van der Waals surface area contributed by atoms with Crippen LogP contribution >= 0.6 is 0 Å². The Bertz CT molecular complexity index is 473. The normalized spacial score (nSPS) is 18.7. The van der Waals surface area contributed by atoms with Gasteiger partial charge in [0.2, 0.25) is 0 Å². The van der Waals surface area contributed by atoms with Crippen LogP contribution in [0.5, 0.6) is 5.75 Å². The molecule has 118 valence electrons. The van der Waals surface area contributed by atoms with E-state index in [1.54, 1.807) is 0 Å². The van der Waals surface area contributed by atoms with Crippen LogP contribution < -0.4 is 15.0 Å². The van der Waals surface area contributed by atoms with Gasteiger partial charge in [-0.25, -0.2) is 0 Å². The minimum absolute atomic E-state index is 0. The first-order valence-corrected chi connectivity index (χ1v) is 8.02. The fourth-order valence-electron chi connectivity index (χ4n) is 3.13. The maximum atomic E-state index is 5.91. The van der Waals surface area contributed by atoms with Gasteiger partial charge in [-0.15, -0.1) is 0 Å². The van der Waals surface area contributed by atoms with Crippen LogP contribution in [0.4, 0.5) is 5.69 Å². The zero-order valence-electron chi connectivity index (χ0n) is 12.7. The molecule has 0 aromatic heterocycles. The Balaban J connectivity index is 0.00000161. The minimum Gasteiger partial charge on any atom is -0.490 e. The topological polar surface area (TPSA) is 24.5 Å². The van der Waals surface area contributed by atoms with Gasteiger partial charge in [0.25, 0.3) is 0 Å². The van der Waals surface area contributed by atoms with Gasteiger partial charge in [0.1, 0.15) is 12.4 Å². The fraction of sp³-hybridized carbons (Fsp3) is 0.667. The van der Waals surface area contributed by atoms with Gasteiger partial charge in [-0.2, -0.15) is 0 Å². The van der Waals surface area contributed by atoms with E-state index in [1.807, 2.05) is 0 Å². The predicted molar refractivity (Wildman–Crippen MR) is 90.6 cm³/mol. The average molecular weight is 290 g/mol. The fourth-order valence-corrected chi connectivity index (χ4v) is 3.13. The smallest absolute Gasteiger partial charge is 0.142 e. The van der Waals surface area contributed by atoms with Gasteiger partial charge in [0, 0.05) is 6.54 Å². The lowest BCUT2D eigenvalue weighted by molar-refractivity contribution is 0.303. The van der Waals surface area contributed by atoms with E-state index in [1.165, 1.54) is 23.2 Å². The second kappa shape index (κ2) is 7.17. The van der Waals surface area contributed by atoms with Gasteiger partial charge in [-0.05, 0) is 55.1 Å². The molecule has 3 rings (SSSR count). The van der Waals surface area contributed by atoms with Crippen molar-refractivity contribution in [1.29, 1.82) is 0 Å². The van der Waals surface area contributed by atoms with Crippen molar-refractivity contribution in [3.63, 3.8) is 0 Å². The Kier molecular flexibility index (Phi) is 5.51. The molecule has 0 amide bonds. The Morgan fingerprint density at radius 1 is 1.24 bits per heavy atom. The number of nitrogens with one attached hydrogen (secondary N) is 1. The first-order chi connectivity index (χ1) is 9.78. The highest BCUT2D eigenvalue weighted by Crippen LogP contribution is 2.35. The van der Waals surface area contributed by atoms with Crippen molar-refractivity contribution in [2.45, 2.75) is 40.5 Å². The van der Waals surface area contributed by atoms with Crippen molar-refractivity contribution < 1.29 is 4.74 Å². The molecule has 1 N–H and O–H groups in total. The SMILES string of the molecule is C.CC[C@H](C)CN1CCOc2cc3c(cc21)CCNCC3. The number of anilines is 1. The molecular weight excluding hydrogens is 260 g/mol. The van der Waals surface area contributed by atoms with Crippen molar-refractivity contribution >= 4 is 5.69 Å². The molecule has 0 aliphatic carbocycles. The lowest BCUT2D eigenvalue weighted by Crippen LogP contribution is -2.36. The summed E-state index contributed by atoms with van der Waals surface area (Å²) in [6.07, 6.45) is 3.50. The molecule has 0 fully saturated rings. The largest absolute Gasteiger partial charge is 0.490 e. The molecular formula is C18H30N2O. The molecule has 2 aliphatic rings. The van der Waals surface area contributed by atoms with E-state index >= 15 is 0 Å². The average Bonchev–Trinajstić information content (AvgIpc) is 2.70. The molecule has 2 aliphatic heterocycles. The van der Waals surface area contributed by atoms with Gasteiger partial charge in [-0.3, -0.25) is 0 Å². The number of benzene rings is 1. The van der Waals surface area contributed by atoms with Crippen LogP contribution in [0, 0.1) is 5.92 Å². The zero-order valence-corrected chi connectivity index (χ0v) is 12.7. The monoisotopic (exact) mass is 290 g/mol. The third kappa shape index (κ3) is 3.52. The van der Waals surface area contributed by atoms with Crippen LogP contribution in [-0.2, 0) is 12.8 Å². The molecule has 3 nitrogen and oxygen atoms in total. The molecule has 1 aromatic carbocycles. The van der Waals surface area contributed by atoms with Gasteiger partial charge in [-0.1, -0.05) is 27.7 Å². The third-order valence-electron chi connectivity index (χ3n) is 4.61. The standard InChI is InChI=1S/C17H26N2O.CH4/c1-3-13(2)12-19-8-9-20-17-11-15-5-7-18-6-4-14(15)10-16(17)19;/h10-11,13,18H,3-9,12H2,1-2H3;1H4/t13-;/m0./s1. The van der Waals surface area contributed by atoms with Crippen LogP contribution in [0.1, 0.15) is 38.8 Å². The summed E-state index contributed by atoms with van der Waals surface area (Å²) in [6.45, 7) is 9.77. The Labute approximate surface area is 129 Å². The van der Waals surface area contributed by atoms with Crippen LogP contribution in [-0.4, -0.2) is 32.8 Å². The highest BCUT2D eigenvalue weighted by Gasteiger charge is 2.22. The highest BCUT2D eigenvalue weighted by atomic mass is 16.5. The number of fused-ring (bicyclic) bond motifs is 2. The minimum atomic E-state index is 0. The summed E-state index contributed by atoms with van der Waals surface area (Å²) < 4.78 is 5.91. The highest BCUT2D eigenvalue weighted by molar-refractivity contribution is 5.63. The van der Waals surface area contributed by atoms with Gasteiger partial charge in [0.15, 0.2) is 0 Å². The Morgan fingerprint density at radius 3 is 2.67 bits per heavy atom. The molecule has 1 aromatic rings. The van der Waals surface area contributed by atoms with Gasteiger partial charge < -0.3 is 15.0 Å². The number of hydrogen-bond acceptors (Lipinski definition) is 3. The van der Waals surface area contributed by atoms with Gasteiger partial charge >= 0.3 is 0 Å². The first-order valence-electron chi connectivity index (χ1n) is 8.02. The molecule has 21 heavy (non-hydrogen) atoms. The van der Waals surface area contributed by atoms with E-state index in [2.05, 4.69) is 36.2 Å². The van der Waals surface area contributed by atoms with E-state index < -0.39 is 0 Å². The number of rotatable bonds is 3.